The summed E-state index contributed by atoms with van der Waals surface area (Å²) in [4.78, 5) is 12.5. The van der Waals surface area contributed by atoms with E-state index in [1.54, 1.807) is 0 Å². The summed E-state index contributed by atoms with van der Waals surface area (Å²) >= 11 is 0. The van der Waals surface area contributed by atoms with Crippen LogP contribution in [0.3, 0.4) is 0 Å². The van der Waals surface area contributed by atoms with Gasteiger partial charge in [-0.3, -0.25) is 4.79 Å². The lowest BCUT2D eigenvalue weighted by Gasteiger charge is -2.18. The van der Waals surface area contributed by atoms with Crippen molar-refractivity contribution in [1.82, 2.24) is 0 Å². The van der Waals surface area contributed by atoms with Gasteiger partial charge in [0.15, 0.2) is 6.10 Å². The summed E-state index contributed by atoms with van der Waals surface area (Å²) in [7, 11) is 0. The highest BCUT2D eigenvalue weighted by molar-refractivity contribution is 5.94. The van der Waals surface area contributed by atoms with Gasteiger partial charge in [-0.25, -0.2) is 0 Å². The molecule has 0 saturated heterocycles. The summed E-state index contributed by atoms with van der Waals surface area (Å²) in [5.74, 6) is 1.34. The van der Waals surface area contributed by atoms with Crippen molar-refractivity contribution in [3.8, 4) is 11.5 Å². The molecule has 0 aliphatic rings. The average molecular weight is 341 g/mol. The zero-order valence-corrected chi connectivity index (χ0v) is 15.6. The predicted octanol–water partition coefficient (Wildman–Crippen LogP) is 4.89. The molecule has 0 fully saturated rings. The van der Waals surface area contributed by atoms with Crippen molar-refractivity contribution < 1.29 is 14.3 Å². The molecule has 25 heavy (non-hydrogen) atoms. The molecule has 2 aromatic carbocycles. The summed E-state index contributed by atoms with van der Waals surface area (Å²) in [6.45, 7) is 9.97. The lowest BCUT2D eigenvalue weighted by Crippen LogP contribution is -2.32. The molecule has 0 aromatic heterocycles. The van der Waals surface area contributed by atoms with Crippen LogP contribution in [0, 0.1) is 13.8 Å². The second kappa shape index (κ2) is 8.56. The van der Waals surface area contributed by atoms with Crippen molar-refractivity contribution >= 4 is 11.6 Å². The monoisotopic (exact) mass is 341 g/mol. The van der Waals surface area contributed by atoms with E-state index in [-0.39, 0.29) is 12.0 Å². The molecule has 0 saturated carbocycles. The number of anilines is 1. The second-order valence-corrected chi connectivity index (χ2v) is 6.44. The number of amides is 1. The first-order valence-corrected chi connectivity index (χ1v) is 8.70. The van der Waals surface area contributed by atoms with Crippen LogP contribution in [0.2, 0.25) is 0 Å². The molecule has 1 N–H and O–H groups in total. The SMILES string of the molecule is CC[C@@H](Oc1ccc(C)c(C)c1)C(=O)Nc1ccc(OC(C)C)cc1. The molecule has 1 atom stereocenters. The minimum atomic E-state index is -0.534. The van der Waals surface area contributed by atoms with Gasteiger partial charge in [0, 0.05) is 5.69 Å². The van der Waals surface area contributed by atoms with Gasteiger partial charge < -0.3 is 14.8 Å². The van der Waals surface area contributed by atoms with Crippen LogP contribution in [-0.2, 0) is 4.79 Å². The average Bonchev–Trinajstić information content (AvgIpc) is 2.57. The first-order chi connectivity index (χ1) is 11.9. The molecular weight excluding hydrogens is 314 g/mol. The van der Waals surface area contributed by atoms with E-state index in [0.29, 0.717) is 12.2 Å². The standard InChI is InChI=1S/C21H27NO3/c1-6-20(25-19-10-7-15(4)16(5)13-19)21(23)22-17-8-11-18(12-9-17)24-14(2)3/h7-14,20H,6H2,1-5H3,(H,22,23)/t20-/m1/s1. The topological polar surface area (TPSA) is 47.6 Å². The quantitative estimate of drug-likeness (QED) is 0.780. The Morgan fingerprint density at radius 3 is 2.16 bits per heavy atom. The molecular formula is C21H27NO3. The van der Waals surface area contributed by atoms with E-state index in [1.807, 2.05) is 70.2 Å². The van der Waals surface area contributed by atoms with Crippen LogP contribution >= 0.6 is 0 Å². The van der Waals surface area contributed by atoms with Crippen LogP contribution in [0.25, 0.3) is 0 Å². The number of carbonyl (C=O) groups excluding carboxylic acids is 1. The molecule has 4 nitrogen and oxygen atoms in total. The molecule has 0 heterocycles. The third-order valence-corrected chi connectivity index (χ3v) is 3.91. The highest BCUT2D eigenvalue weighted by Crippen LogP contribution is 2.20. The van der Waals surface area contributed by atoms with Gasteiger partial charge in [0.1, 0.15) is 11.5 Å². The maximum Gasteiger partial charge on any atom is 0.265 e. The molecule has 2 rings (SSSR count). The fourth-order valence-electron chi connectivity index (χ4n) is 2.39. The Kier molecular flexibility index (Phi) is 6.45. The fourth-order valence-corrected chi connectivity index (χ4v) is 2.39. The fraction of sp³-hybridized carbons (Fsp3) is 0.381. The van der Waals surface area contributed by atoms with E-state index >= 15 is 0 Å². The van der Waals surface area contributed by atoms with Crippen LogP contribution in [0.4, 0.5) is 5.69 Å². The normalized spacial score (nSPS) is 11.9. The Morgan fingerprint density at radius 2 is 1.60 bits per heavy atom. The van der Waals surface area contributed by atoms with Gasteiger partial charge in [0.25, 0.3) is 5.91 Å². The molecule has 134 valence electrons. The van der Waals surface area contributed by atoms with E-state index in [0.717, 1.165) is 17.0 Å². The Balaban J connectivity index is 2.00. The largest absolute Gasteiger partial charge is 0.491 e. The molecule has 0 bridgehead atoms. The maximum atomic E-state index is 12.5. The number of nitrogens with one attached hydrogen (secondary N) is 1. The minimum absolute atomic E-state index is 0.122. The number of hydrogen-bond donors (Lipinski definition) is 1. The lowest BCUT2D eigenvalue weighted by atomic mass is 10.1. The van der Waals surface area contributed by atoms with Gasteiger partial charge in [0.05, 0.1) is 6.10 Å². The van der Waals surface area contributed by atoms with Gasteiger partial charge in [-0.1, -0.05) is 13.0 Å². The Morgan fingerprint density at radius 1 is 0.960 bits per heavy atom. The lowest BCUT2D eigenvalue weighted by molar-refractivity contribution is -0.122. The van der Waals surface area contributed by atoms with Crippen LogP contribution < -0.4 is 14.8 Å². The van der Waals surface area contributed by atoms with Gasteiger partial charge in [-0.15, -0.1) is 0 Å². The molecule has 0 aliphatic carbocycles. The van der Waals surface area contributed by atoms with Crippen LogP contribution in [0.1, 0.15) is 38.3 Å². The molecule has 4 heteroatoms. The van der Waals surface area contributed by atoms with Crippen molar-refractivity contribution in [2.75, 3.05) is 5.32 Å². The van der Waals surface area contributed by atoms with Crippen LogP contribution in [0.5, 0.6) is 11.5 Å². The van der Waals surface area contributed by atoms with Gasteiger partial charge in [-0.05, 0) is 81.6 Å². The first-order valence-electron chi connectivity index (χ1n) is 8.70. The molecule has 0 unspecified atom stereocenters. The van der Waals surface area contributed by atoms with Gasteiger partial charge in [-0.2, -0.15) is 0 Å². The minimum Gasteiger partial charge on any atom is -0.491 e. The number of carbonyl (C=O) groups is 1. The zero-order chi connectivity index (χ0) is 18.4. The van der Waals surface area contributed by atoms with Crippen molar-refractivity contribution in [3.05, 3.63) is 53.6 Å². The van der Waals surface area contributed by atoms with E-state index < -0.39 is 6.10 Å². The predicted molar refractivity (Wildman–Crippen MR) is 101 cm³/mol. The third-order valence-electron chi connectivity index (χ3n) is 3.91. The molecule has 0 spiro atoms. The molecule has 2 aromatic rings. The molecule has 0 aliphatic heterocycles. The summed E-state index contributed by atoms with van der Waals surface area (Å²) in [5, 5.41) is 2.90. The summed E-state index contributed by atoms with van der Waals surface area (Å²) in [6.07, 6.45) is 0.179. The molecule has 0 radical (unpaired) electrons. The van der Waals surface area contributed by atoms with Gasteiger partial charge >= 0.3 is 0 Å². The zero-order valence-electron chi connectivity index (χ0n) is 15.6. The number of rotatable bonds is 7. The van der Waals surface area contributed by atoms with Crippen LogP contribution in [0.15, 0.2) is 42.5 Å². The number of benzene rings is 2. The Bertz CT molecular complexity index is 708. The van der Waals surface area contributed by atoms with Crippen molar-refractivity contribution in [3.63, 3.8) is 0 Å². The Labute approximate surface area is 150 Å². The highest BCUT2D eigenvalue weighted by atomic mass is 16.5. The number of ether oxygens (including phenoxy) is 2. The maximum absolute atomic E-state index is 12.5. The number of aryl methyl sites for hydroxylation is 2. The van der Waals surface area contributed by atoms with E-state index in [1.165, 1.54) is 5.56 Å². The number of hydrogen-bond acceptors (Lipinski definition) is 3. The third kappa shape index (κ3) is 5.52. The van der Waals surface area contributed by atoms with Crippen molar-refractivity contribution in [2.24, 2.45) is 0 Å². The summed E-state index contributed by atoms with van der Waals surface area (Å²) in [6, 6.07) is 13.2. The van der Waals surface area contributed by atoms with E-state index in [4.69, 9.17) is 9.47 Å². The second-order valence-electron chi connectivity index (χ2n) is 6.44. The summed E-state index contributed by atoms with van der Waals surface area (Å²) < 4.78 is 11.5. The van der Waals surface area contributed by atoms with Crippen LogP contribution in [-0.4, -0.2) is 18.1 Å². The van der Waals surface area contributed by atoms with Crippen molar-refractivity contribution in [2.45, 2.75) is 53.2 Å². The van der Waals surface area contributed by atoms with Crippen molar-refractivity contribution in [1.29, 1.82) is 0 Å². The van der Waals surface area contributed by atoms with E-state index in [2.05, 4.69) is 12.2 Å². The van der Waals surface area contributed by atoms with E-state index in [9.17, 15) is 4.79 Å². The Hall–Kier alpha value is -2.49. The smallest absolute Gasteiger partial charge is 0.265 e. The molecule has 1 amide bonds. The van der Waals surface area contributed by atoms with Gasteiger partial charge in [0.2, 0.25) is 0 Å². The summed E-state index contributed by atoms with van der Waals surface area (Å²) in [5.41, 5.74) is 3.07. The highest BCUT2D eigenvalue weighted by Gasteiger charge is 2.18. The first kappa shape index (κ1) is 18.8.